The lowest BCUT2D eigenvalue weighted by Crippen LogP contribution is -2.48. The molecule has 1 aromatic heterocycles. The van der Waals surface area contributed by atoms with Crippen molar-refractivity contribution in [1.29, 1.82) is 0 Å². The average molecular weight is 430 g/mol. The minimum absolute atomic E-state index is 0.0888. The van der Waals surface area contributed by atoms with E-state index >= 15 is 0 Å². The summed E-state index contributed by atoms with van der Waals surface area (Å²) in [6.07, 6.45) is 9.06. The van der Waals surface area contributed by atoms with Gasteiger partial charge in [0, 0.05) is 36.2 Å². The van der Waals surface area contributed by atoms with Gasteiger partial charge >= 0.3 is 0 Å². The molecule has 32 heavy (non-hydrogen) atoms. The third kappa shape index (κ3) is 4.15. The molecule has 0 radical (unpaired) electrons. The Balaban J connectivity index is 1.39. The van der Waals surface area contributed by atoms with E-state index in [9.17, 15) is 4.79 Å². The number of aromatic nitrogens is 2. The molecule has 5 rings (SSSR count). The summed E-state index contributed by atoms with van der Waals surface area (Å²) in [5.74, 6) is 0.0888. The molecular formula is C26H31N5O. The Morgan fingerprint density at radius 3 is 2.47 bits per heavy atom. The van der Waals surface area contributed by atoms with E-state index in [0.717, 1.165) is 61.4 Å². The molecule has 0 atom stereocenters. The number of carbonyl (C=O) groups is 1. The first kappa shape index (κ1) is 20.8. The molecule has 166 valence electrons. The maximum atomic E-state index is 13.7. The zero-order chi connectivity index (χ0) is 21.8. The van der Waals surface area contributed by atoms with Crippen LogP contribution in [0.2, 0.25) is 0 Å². The summed E-state index contributed by atoms with van der Waals surface area (Å²) in [5, 5.41) is 13.6. The lowest BCUT2D eigenvalue weighted by atomic mass is 9.72. The second-order valence-corrected chi connectivity index (χ2v) is 8.95. The Bertz CT molecular complexity index is 1030. The monoisotopic (exact) mass is 429 g/mol. The standard InChI is InChI=1S/C26H31N5O/c32-25(30-23-5-4-6-24(17-23)31-15-2-1-3-16-31)26(11-13-27-14-12-26)22-9-7-20(8-10-22)21-18-28-29-19-21/h4-10,17-19,27H,1-3,11-16H2,(H,28,29)(H,30,32). The number of anilines is 2. The third-order valence-electron chi connectivity index (χ3n) is 6.99. The van der Waals surface area contributed by atoms with E-state index in [-0.39, 0.29) is 5.91 Å². The van der Waals surface area contributed by atoms with Gasteiger partial charge in [-0.05, 0) is 74.5 Å². The minimum Gasteiger partial charge on any atom is -0.371 e. The minimum atomic E-state index is -0.526. The average Bonchev–Trinajstić information content (AvgIpc) is 3.40. The van der Waals surface area contributed by atoms with Crippen LogP contribution in [-0.4, -0.2) is 42.3 Å². The molecule has 0 bridgehead atoms. The lowest BCUT2D eigenvalue weighted by molar-refractivity contribution is -0.122. The number of piperidine rings is 2. The molecule has 0 aliphatic carbocycles. The number of aromatic amines is 1. The summed E-state index contributed by atoms with van der Waals surface area (Å²) >= 11 is 0. The van der Waals surface area contributed by atoms with Crippen LogP contribution in [0.1, 0.15) is 37.7 Å². The van der Waals surface area contributed by atoms with E-state index in [1.165, 1.54) is 24.9 Å². The molecule has 3 N–H and O–H groups in total. The fraction of sp³-hybridized carbons (Fsp3) is 0.385. The maximum absolute atomic E-state index is 13.7. The van der Waals surface area contributed by atoms with Gasteiger partial charge in [-0.25, -0.2) is 0 Å². The Kier molecular flexibility index (Phi) is 5.95. The molecule has 2 fully saturated rings. The summed E-state index contributed by atoms with van der Waals surface area (Å²) in [4.78, 5) is 16.1. The molecule has 0 spiro atoms. The topological polar surface area (TPSA) is 73.0 Å². The van der Waals surface area contributed by atoms with Crippen molar-refractivity contribution in [2.24, 2.45) is 0 Å². The number of hydrogen-bond donors (Lipinski definition) is 3. The predicted molar refractivity (Wildman–Crippen MR) is 129 cm³/mol. The number of rotatable bonds is 5. The van der Waals surface area contributed by atoms with Crippen molar-refractivity contribution < 1.29 is 4.79 Å². The van der Waals surface area contributed by atoms with Gasteiger partial charge in [0.15, 0.2) is 0 Å². The maximum Gasteiger partial charge on any atom is 0.235 e. The lowest BCUT2D eigenvalue weighted by Gasteiger charge is -2.37. The van der Waals surface area contributed by atoms with E-state index in [0.29, 0.717) is 0 Å². The highest BCUT2D eigenvalue weighted by molar-refractivity contribution is 5.99. The molecule has 0 unspecified atom stereocenters. The van der Waals surface area contributed by atoms with Crippen LogP contribution < -0.4 is 15.5 Å². The highest BCUT2D eigenvalue weighted by Crippen LogP contribution is 2.36. The van der Waals surface area contributed by atoms with Crippen molar-refractivity contribution in [1.82, 2.24) is 15.5 Å². The van der Waals surface area contributed by atoms with Gasteiger partial charge in [-0.3, -0.25) is 9.89 Å². The molecule has 3 aromatic rings. The fourth-order valence-corrected chi connectivity index (χ4v) is 5.07. The zero-order valence-electron chi connectivity index (χ0n) is 18.4. The van der Waals surface area contributed by atoms with Crippen molar-refractivity contribution in [2.45, 2.75) is 37.5 Å². The van der Waals surface area contributed by atoms with Crippen molar-refractivity contribution in [3.05, 3.63) is 66.5 Å². The first-order chi connectivity index (χ1) is 15.7. The highest BCUT2D eigenvalue weighted by Gasteiger charge is 2.41. The highest BCUT2D eigenvalue weighted by atomic mass is 16.2. The first-order valence-corrected chi connectivity index (χ1v) is 11.7. The normalized spacial score (nSPS) is 18.3. The molecule has 2 aliphatic rings. The van der Waals surface area contributed by atoms with Gasteiger partial charge in [0.25, 0.3) is 0 Å². The Labute approximate surface area is 189 Å². The van der Waals surface area contributed by atoms with Gasteiger partial charge in [0.2, 0.25) is 5.91 Å². The van der Waals surface area contributed by atoms with Crippen LogP contribution in [0, 0.1) is 0 Å². The SMILES string of the molecule is O=C(Nc1cccc(N2CCCCC2)c1)C1(c2ccc(-c3cn[nH]c3)cc2)CCNCC1. The van der Waals surface area contributed by atoms with Gasteiger partial charge < -0.3 is 15.5 Å². The molecule has 2 saturated heterocycles. The third-order valence-corrected chi connectivity index (χ3v) is 6.99. The van der Waals surface area contributed by atoms with E-state index in [4.69, 9.17) is 0 Å². The van der Waals surface area contributed by atoms with Crippen LogP contribution >= 0.6 is 0 Å². The molecule has 2 aliphatic heterocycles. The Morgan fingerprint density at radius 2 is 1.75 bits per heavy atom. The molecular weight excluding hydrogens is 398 g/mol. The molecule has 3 heterocycles. The summed E-state index contributed by atoms with van der Waals surface area (Å²) in [6, 6.07) is 16.7. The summed E-state index contributed by atoms with van der Waals surface area (Å²) < 4.78 is 0. The predicted octanol–water partition coefficient (Wildman–Crippen LogP) is 4.33. The summed E-state index contributed by atoms with van der Waals surface area (Å²) in [6.45, 7) is 3.86. The first-order valence-electron chi connectivity index (χ1n) is 11.7. The number of hydrogen-bond acceptors (Lipinski definition) is 4. The van der Waals surface area contributed by atoms with Crippen molar-refractivity contribution >= 4 is 17.3 Å². The Morgan fingerprint density at radius 1 is 0.969 bits per heavy atom. The molecule has 1 amide bonds. The molecule has 2 aromatic carbocycles. The van der Waals surface area contributed by atoms with Crippen LogP contribution in [0.4, 0.5) is 11.4 Å². The van der Waals surface area contributed by atoms with Gasteiger partial charge in [-0.2, -0.15) is 5.10 Å². The van der Waals surface area contributed by atoms with Crippen LogP contribution in [0.5, 0.6) is 0 Å². The molecule has 6 heteroatoms. The van der Waals surface area contributed by atoms with Crippen LogP contribution in [-0.2, 0) is 10.2 Å². The molecule has 0 saturated carbocycles. The van der Waals surface area contributed by atoms with Crippen molar-refractivity contribution in [3.63, 3.8) is 0 Å². The number of benzene rings is 2. The smallest absolute Gasteiger partial charge is 0.235 e. The van der Waals surface area contributed by atoms with Gasteiger partial charge in [-0.1, -0.05) is 30.3 Å². The van der Waals surface area contributed by atoms with E-state index in [2.05, 4.69) is 62.1 Å². The molecule has 6 nitrogen and oxygen atoms in total. The summed E-state index contributed by atoms with van der Waals surface area (Å²) in [5.41, 5.74) is 4.78. The van der Waals surface area contributed by atoms with E-state index < -0.39 is 5.41 Å². The number of nitrogens with one attached hydrogen (secondary N) is 3. The van der Waals surface area contributed by atoms with E-state index in [1.807, 2.05) is 24.5 Å². The van der Waals surface area contributed by atoms with Crippen molar-refractivity contribution in [3.8, 4) is 11.1 Å². The number of carbonyl (C=O) groups excluding carboxylic acids is 1. The number of H-pyrrole nitrogens is 1. The second kappa shape index (κ2) is 9.17. The largest absolute Gasteiger partial charge is 0.371 e. The second-order valence-electron chi connectivity index (χ2n) is 8.95. The quantitative estimate of drug-likeness (QED) is 0.565. The van der Waals surface area contributed by atoms with E-state index in [1.54, 1.807) is 0 Å². The van der Waals surface area contributed by atoms with Gasteiger partial charge in [0.05, 0.1) is 11.6 Å². The van der Waals surface area contributed by atoms with Crippen LogP contribution in [0.3, 0.4) is 0 Å². The number of nitrogens with zero attached hydrogens (tertiary/aromatic N) is 2. The summed E-state index contributed by atoms with van der Waals surface area (Å²) in [7, 11) is 0. The van der Waals surface area contributed by atoms with Crippen LogP contribution in [0.15, 0.2) is 60.9 Å². The van der Waals surface area contributed by atoms with Crippen molar-refractivity contribution in [2.75, 3.05) is 36.4 Å². The van der Waals surface area contributed by atoms with Gasteiger partial charge in [0.1, 0.15) is 0 Å². The van der Waals surface area contributed by atoms with Gasteiger partial charge in [-0.15, -0.1) is 0 Å². The Hall–Kier alpha value is -3.12. The zero-order valence-corrected chi connectivity index (χ0v) is 18.4. The number of amides is 1. The van der Waals surface area contributed by atoms with Crippen LogP contribution in [0.25, 0.3) is 11.1 Å². The fourth-order valence-electron chi connectivity index (χ4n) is 5.07.